The molecule has 1 aromatic heterocycles. The van der Waals surface area contributed by atoms with Crippen molar-refractivity contribution in [3.63, 3.8) is 0 Å². The maximum absolute atomic E-state index is 13.5. The number of aromatic hydroxyl groups is 1. The molecule has 0 spiro atoms. The summed E-state index contributed by atoms with van der Waals surface area (Å²) in [6, 6.07) is 14.9. The Morgan fingerprint density at radius 1 is 1.17 bits per heavy atom. The summed E-state index contributed by atoms with van der Waals surface area (Å²) in [5.74, 6) is -0.813. The van der Waals surface area contributed by atoms with E-state index in [1.54, 1.807) is 16.7 Å². The first kappa shape index (κ1) is 19.1. The number of carbonyl (C=O) groups excluding carboxylic acids is 1. The second kappa shape index (κ2) is 7.33. The Hall–Kier alpha value is -3.19. The highest BCUT2D eigenvalue weighted by Gasteiger charge is 2.45. The van der Waals surface area contributed by atoms with Gasteiger partial charge in [-0.25, -0.2) is 14.1 Å². The van der Waals surface area contributed by atoms with E-state index in [2.05, 4.69) is 0 Å². The molecular formula is C22H20FN2O3S+. The van der Waals surface area contributed by atoms with Crippen LogP contribution in [0.3, 0.4) is 0 Å². The van der Waals surface area contributed by atoms with E-state index >= 15 is 0 Å². The number of methoxy groups -OCH3 is 1. The maximum Gasteiger partial charge on any atom is 0.345 e. The van der Waals surface area contributed by atoms with Gasteiger partial charge in [0.25, 0.3) is 0 Å². The standard InChI is InChI=1S/C22H19FN2O3S/c1-13-17(21(27)28-3)18(14-9-11-16(23)12-10-14)25-20(26)19(29-22(25)24(13)2)15-7-5-4-6-8-15/h4-12,18H,1-3H3/p+1. The summed E-state index contributed by atoms with van der Waals surface area (Å²) in [6.07, 6.45) is 0. The number of halogens is 1. The van der Waals surface area contributed by atoms with Gasteiger partial charge in [0.05, 0.1) is 14.2 Å². The van der Waals surface area contributed by atoms with Crippen LogP contribution in [-0.2, 0) is 9.53 Å². The number of carbonyl (C=O) groups is 1. The summed E-state index contributed by atoms with van der Waals surface area (Å²) in [4.78, 5) is 15.3. The average Bonchev–Trinajstić information content (AvgIpc) is 3.08. The molecule has 5 nitrogen and oxygen atoms in total. The Bertz CT molecular complexity index is 1110. The summed E-state index contributed by atoms with van der Waals surface area (Å²) in [5, 5.41) is 12.0. The van der Waals surface area contributed by atoms with E-state index in [0.29, 0.717) is 21.7 Å². The highest BCUT2D eigenvalue weighted by Crippen LogP contribution is 2.44. The molecule has 0 saturated heterocycles. The molecular weight excluding hydrogens is 391 g/mol. The predicted octanol–water partition coefficient (Wildman–Crippen LogP) is 4.03. The van der Waals surface area contributed by atoms with Gasteiger partial charge >= 0.3 is 17.0 Å². The quantitative estimate of drug-likeness (QED) is 0.522. The first-order chi connectivity index (χ1) is 13.9. The summed E-state index contributed by atoms with van der Waals surface area (Å²) >= 11 is 1.43. The molecule has 1 aliphatic rings. The SMILES string of the molecule is COC(=O)C1=C(C)N(C)c2sc(-c3ccccc3)c(O)[n+]2C1c1ccc(F)cc1. The van der Waals surface area contributed by atoms with Gasteiger partial charge in [-0.1, -0.05) is 42.5 Å². The molecule has 1 aliphatic heterocycles. The smallest absolute Gasteiger partial charge is 0.345 e. The molecule has 2 aromatic carbocycles. The second-order valence-corrected chi connectivity index (χ2v) is 7.75. The monoisotopic (exact) mass is 411 g/mol. The molecule has 0 fully saturated rings. The second-order valence-electron chi connectivity index (χ2n) is 6.78. The highest BCUT2D eigenvalue weighted by molar-refractivity contribution is 7.18. The van der Waals surface area contributed by atoms with Crippen LogP contribution < -0.4 is 9.47 Å². The van der Waals surface area contributed by atoms with Gasteiger partial charge in [-0.15, -0.1) is 0 Å². The van der Waals surface area contributed by atoms with Gasteiger partial charge in [-0.2, -0.15) is 4.57 Å². The zero-order valence-electron chi connectivity index (χ0n) is 16.2. The largest absolute Gasteiger partial charge is 0.477 e. The van der Waals surface area contributed by atoms with Gasteiger partial charge in [0.15, 0.2) is 6.04 Å². The van der Waals surface area contributed by atoms with E-state index in [9.17, 15) is 14.3 Å². The minimum Gasteiger partial charge on any atom is -0.477 e. The number of ether oxygens (including phenoxy) is 1. The van der Waals surface area contributed by atoms with Gasteiger partial charge in [-0.3, -0.25) is 0 Å². The molecule has 0 aliphatic carbocycles. The van der Waals surface area contributed by atoms with Crippen molar-refractivity contribution >= 4 is 22.4 Å². The molecule has 7 heteroatoms. The molecule has 0 saturated carbocycles. The Balaban J connectivity index is 1.99. The van der Waals surface area contributed by atoms with Crippen molar-refractivity contribution in [2.45, 2.75) is 13.0 Å². The molecule has 0 radical (unpaired) electrons. The van der Waals surface area contributed by atoms with Crippen LogP contribution in [-0.4, -0.2) is 25.2 Å². The summed E-state index contributed by atoms with van der Waals surface area (Å²) in [7, 11) is 3.17. The normalized spacial score (nSPS) is 16.0. The van der Waals surface area contributed by atoms with Crippen molar-refractivity contribution in [2.24, 2.45) is 0 Å². The molecule has 2 heterocycles. The van der Waals surface area contributed by atoms with Crippen molar-refractivity contribution in [3.8, 4) is 16.3 Å². The third-order valence-corrected chi connectivity index (χ3v) is 6.44. The third kappa shape index (κ3) is 3.07. The summed E-state index contributed by atoms with van der Waals surface area (Å²) in [6.45, 7) is 1.84. The molecule has 0 bridgehead atoms. The fraction of sp³-hybridized carbons (Fsp3) is 0.182. The molecule has 1 atom stereocenters. The van der Waals surface area contributed by atoms with Gasteiger partial charge in [-0.05, 0) is 36.0 Å². The van der Waals surface area contributed by atoms with Crippen LogP contribution in [0.5, 0.6) is 5.88 Å². The van der Waals surface area contributed by atoms with Crippen LogP contribution in [0, 0.1) is 5.82 Å². The Kier molecular flexibility index (Phi) is 4.84. The van der Waals surface area contributed by atoms with Crippen LogP contribution in [0.1, 0.15) is 18.5 Å². The Morgan fingerprint density at radius 3 is 2.45 bits per heavy atom. The topological polar surface area (TPSA) is 53.6 Å². The zero-order chi connectivity index (χ0) is 20.7. The molecule has 0 amide bonds. The highest BCUT2D eigenvalue weighted by atomic mass is 32.1. The van der Waals surface area contributed by atoms with E-state index in [0.717, 1.165) is 10.7 Å². The Morgan fingerprint density at radius 2 is 1.83 bits per heavy atom. The lowest BCUT2D eigenvalue weighted by Gasteiger charge is -2.27. The number of esters is 1. The van der Waals surface area contributed by atoms with Gasteiger partial charge < -0.3 is 9.84 Å². The van der Waals surface area contributed by atoms with E-state index in [4.69, 9.17) is 4.74 Å². The predicted molar refractivity (Wildman–Crippen MR) is 109 cm³/mol. The fourth-order valence-corrected chi connectivity index (χ4v) is 4.80. The number of hydrogen-bond donors (Lipinski definition) is 1. The van der Waals surface area contributed by atoms with Crippen LogP contribution in [0.4, 0.5) is 9.52 Å². The number of allylic oxidation sites excluding steroid dienone is 1. The van der Waals surface area contributed by atoms with E-state index < -0.39 is 12.0 Å². The van der Waals surface area contributed by atoms with Crippen molar-refractivity contribution in [3.05, 3.63) is 77.2 Å². The first-order valence-electron chi connectivity index (χ1n) is 9.05. The summed E-state index contributed by atoms with van der Waals surface area (Å²) < 4.78 is 20.3. The van der Waals surface area contributed by atoms with Crippen LogP contribution in [0.15, 0.2) is 65.9 Å². The van der Waals surface area contributed by atoms with Crippen molar-refractivity contribution in [1.82, 2.24) is 0 Å². The van der Waals surface area contributed by atoms with E-state index in [1.807, 2.05) is 49.2 Å². The average molecular weight is 411 g/mol. The van der Waals surface area contributed by atoms with Crippen molar-refractivity contribution < 1.29 is 23.6 Å². The van der Waals surface area contributed by atoms with Gasteiger partial charge in [0.1, 0.15) is 22.0 Å². The number of anilines is 1. The fourth-order valence-electron chi connectivity index (χ4n) is 3.61. The third-order valence-electron chi connectivity index (χ3n) is 5.17. The number of fused-ring (bicyclic) bond motifs is 1. The van der Waals surface area contributed by atoms with Gasteiger partial charge in [0, 0.05) is 5.56 Å². The maximum atomic E-state index is 13.5. The molecule has 29 heavy (non-hydrogen) atoms. The molecule has 4 rings (SSSR count). The lowest BCUT2D eigenvalue weighted by atomic mass is 9.95. The number of nitrogens with zero attached hydrogens (tertiary/aromatic N) is 2. The zero-order valence-corrected chi connectivity index (χ0v) is 17.0. The Labute approximate surface area is 171 Å². The van der Waals surface area contributed by atoms with Crippen LogP contribution in [0.2, 0.25) is 0 Å². The van der Waals surface area contributed by atoms with Crippen molar-refractivity contribution in [2.75, 3.05) is 19.1 Å². The van der Waals surface area contributed by atoms with Gasteiger partial charge in [0.2, 0.25) is 0 Å². The minimum absolute atomic E-state index is 0.0475. The molecule has 1 unspecified atom stereocenters. The molecule has 1 N–H and O–H groups in total. The first-order valence-corrected chi connectivity index (χ1v) is 9.86. The van der Waals surface area contributed by atoms with Crippen LogP contribution in [0.25, 0.3) is 10.4 Å². The molecule has 148 valence electrons. The number of aromatic nitrogens is 1. The van der Waals surface area contributed by atoms with Crippen LogP contribution >= 0.6 is 11.3 Å². The molecule has 3 aromatic rings. The lowest BCUT2D eigenvalue weighted by Crippen LogP contribution is -2.50. The lowest BCUT2D eigenvalue weighted by molar-refractivity contribution is -0.695. The summed E-state index contributed by atoms with van der Waals surface area (Å²) in [5.41, 5.74) is 2.66. The minimum atomic E-state index is -0.636. The van der Waals surface area contributed by atoms with Crippen molar-refractivity contribution in [1.29, 1.82) is 0 Å². The van der Waals surface area contributed by atoms with E-state index in [-0.39, 0.29) is 11.7 Å². The number of thiazole rings is 1. The van der Waals surface area contributed by atoms with E-state index in [1.165, 1.54) is 30.6 Å². The number of benzene rings is 2. The number of rotatable bonds is 3. The number of hydrogen-bond acceptors (Lipinski definition) is 5.